The lowest BCUT2D eigenvalue weighted by atomic mass is 9.81. The molecule has 0 bridgehead atoms. The Balaban J connectivity index is 1.84. The molecule has 0 aromatic heterocycles. The van der Waals surface area contributed by atoms with Crippen molar-refractivity contribution in [2.45, 2.75) is 83.2 Å². The second kappa shape index (κ2) is 13.7. The third-order valence-electron chi connectivity index (χ3n) is 8.65. The third kappa shape index (κ3) is 7.98. The van der Waals surface area contributed by atoms with Gasteiger partial charge in [-0.05, 0) is 49.9 Å². The van der Waals surface area contributed by atoms with Crippen molar-refractivity contribution in [3.05, 3.63) is 137 Å². The van der Waals surface area contributed by atoms with E-state index < -0.39 is 20.7 Å². The molecule has 5 nitrogen and oxygen atoms in total. The number of hydrogen-bond donors (Lipinski definition) is 1. The standard InChI is InChI=1S/C38H46O5S/c1-27(30-17-11-8-12-18-30)33-25-34(28(2)31-19-13-9-14-20-31)36(35(26-33)29(3)32-21-15-10-16-22-32)43-37(4,5)23-24-42-38(6,7)44(39,40)41/h8-22,25-29H,23-24H2,1-7H3,(H,39,40,41). The molecule has 0 heterocycles. The molecule has 6 heteroatoms. The van der Waals surface area contributed by atoms with Gasteiger partial charge in [0.2, 0.25) is 0 Å². The molecule has 0 fully saturated rings. The average Bonchev–Trinajstić information content (AvgIpc) is 3.00. The van der Waals surface area contributed by atoms with Crippen LogP contribution in [0.2, 0.25) is 0 Å². The van der Waals surface area contributed by atoms with Gasteiger partial charge in [-0.15, -0.1) is 0 Å². The molecule has 4 aromatic rings. The zero-order chi connectivity index (χ0) is 32.1. The van der Waals surface area contributed by atoms with Crippen LogP contribution in [-0.4, -0.2) is 30.1 Å². The van der Waals surface area contributed by atoms with Gasteiger partial charge in [0.05, 0.1) is 6.61 Å². The van der Waals surface area contributed by atoms with Gasteiger partial charge in [-0.2, -0.15) is 8.42 Å². The van der Waals surface area contributed by atoms with Gasteiger partial charge in [0, 0.05) is 35.3 Å². The number of benzene rings is 4. The second-order valence-corrected chi connectivity index (χ2v) is 14.7. The number of ether oxygens (including phenoxy) is 2. The minimum atomic E-state index is -4.38. The van der Waals surface area contributed by atoms with Gasteiger partial charge in [-0.1, -0.05) is 124 Å². The van der Waals surface area contributed by atoms with Gasteiger partial charge >= 0.3 is 0 Å². The van der Waals surface area contributed by atoms with Crippen molar-refractivity contribution in [1.29, 1.82) is 0 Å². The molecule has 4 aromatic carbocycles. The number of hydrogen-bond acceptors (Lipinski definition) is 4. The number of rotatable bonds is 13. The normalized spacial score (nSPS) is 14.5. The maximum Gasteiger partial charge on any atom is 0.294 e. The van der Waals surface area contributed by atoms with E-state index in [2.05, 4.69) is 106 Å². The van der Waals surface area contributed by atoms with Gasteiger partial charge < -0.3 is 9.47 Å². The molecule has 0 aliphatic heterocycles. The highest BCUT2D eigenvalue weighted by atomic mass is 32.2. The Morgan fingerprint density at radius 1 is 0.636 bits per heavy atom. The highest BCUT2D eigenvalue weighted by molar-refractivity contribution is 7.87. The Morgan fingerprint density at radius 2 is 1.02 bits per heavy atom. The van der Waals surface area contributed by atoms with E-state index in [1.807, 2.05) is 32.0 Å². The molecule has 0 aliphatic carbocycles. The van der Waals surface area contributed by atoms with Crippen molar-refractivity contribution in [3.63, 3.8) is 0 Å². The van der Waals surface area contributed by atoms with E-state index in [-0.39, 0.29) is 24.4 Å². The molecule has 0 saturated heterocycles. The van der Waals surface area contributed by atoms with E-state index >= 15 is 0 Å². The SMILES string of the molecule is CC(c1ccccc1)c1cc(C(C)c2ccccc2)c(OC(C)(C)CCOC(C)(C)S(=O)(=O)O)c(C(C)c2ccccc2)c1. The maximum absolute atomic E-state index is 11.8. The van der Waals surface area contributed by atoms with Crippen LogP contribution in [0.4, 0.5) is 0 Å². The Kier molecular flexibility index (Phi) is 10.4. The first kappa shape index (κ1) is 33.4. The summed E-state index contributed by atoms with van der Waals surface area (Å²) in [5.41, 5.74) is 6.33. The van der Waals surface area contributed by atoms with E-state index in [4.69, 9.17) is 9.47 Å². The summed E-state index contributed by atoms with van der Waals surface area (Å²) in [6, 6.07) is 36.1. The van der Waals surface area contributed by atoms with Gasteiger partial charge in [0.1, 0.15) is 11.4 Å². The predicted octanol–water partition coefficient (Wildman–Crippen LogP) is 9.33. The minimum Gasteiger partial charge on any atom is -0.487 e. The lowest BCUT2D eigenvalue weighted by Gasteiger charge is -2.33. The van der Waals surface area contributed by atoms with Crippen LogP contribution in [0.15, 0.2) is 103 Å². The molecular formula is C38H46O5S. The van der Waals surface area contributed by atoms with Gasteiger partial charge in [-0.25, -0.2) is 0 Å². The van der Waals surface area contributed by atoms with Crippen LogP contribution in [0.1, 0.15) is 106 Å². The van der Waals surface area contributed by atoms with Crippen molar-refractivity contribution in [3.8, 4) is 5.75 Å². The summed E-state index contributed by atoms with van der Waals surface area (Å²) in [5, 5.41) is 0. The van der Waals surface area contributed by atoms with Crippen LogP contribution in [-0.2, 0) is 14.9 Å². The predicted molar refractivity (Wildman–Crippen MR) is 179 cm³/mol. The molecule has 0 radical (unpaired) electrons. The fourth-order valence-electron chi connectivity index (χ4n) is 5.43. The second-order valence-electron chi connectivity index (χ2n) is 12.8. The van der Waals surface area contributed by atoms with Crippen molar-refractivity contribution in [2.24, 2.45) is 0 Å². The topological polar surface area (TPSA) is 72.8 Å². The van der Waals surface area contributed by atoms with Crippen LogP contribution in [0, 0.1) is 0 Å². The van der Waals surface area contributed by atoms with E-state index in [1.165, 1.54) is 36.1 Å². The first-order valence-corrected chi connectivity index (χ1v) is 16.8. The smallest absolute Gasteiger partial charge is 0.294 e. The van der Waals surface area contributed by atoms with Crippen molar-refractivity contribution in [2.75, 3.05) is 6.61 Å². The van der Waals surface area contributed by atoms with Gasteiger partial charge in [0.25, 0.3) is 10.1 Å². The maximum atomic E-state index is 11.8. The molecule has 0 saturated carbocycles. The van der Waals surface area contributed by atoms with Gasteiger partial charge in [0.15, 0.2) is 4.93 Å². The zero-order valence-corrected chi connectivity index (χ0v) is 27.8. The van der Waals surface area contributed by atoms with Crippen LogP contribution in [0.3, 0.4) is 0 Å². The van der Waals surface area contributed by atoms with Crippen molar-refractivity contribution < 1.29 is 22.4 Å². The lowest BCUT2D eigenvalue weighted by molar-refractivity contribution is -0.000819. The molecule has 0 spiro atoms. The van der Waals surface area contributed by atoms with E-state index in [9.17, 15) is 13.0 Å². The third-order valence-corrected chi connectivity index (χ3v) is 10.0. The first-order valence-electron chi connectivity index (χ1n) is 15.3. The molecule has 0 amide bonds. The zero-order valence-electron chi connectivity index (χ0n) is 26.9. The Bertz CT molecular complexity index is 1550. The highest BCUT2D eigenvalue weighted by Gasteiger charge is 2.35. The molecule has 4 rings (SSSR count). The Hall–Kier alpha value is -3.45. The highest BCUT2D eigenvalue weighted by Crippen LogP contribution is 2.44. The summed E-state index contributed by atoms with van der Waals surface area (Å²) in [5.74, 6) is 1.08. The Morgan fingerprint density at radius 3 is 1.41 bits per heavy atom. The minimum absolute atomic E-state index is 0.0429. The fourth-order valence-corrected chi connectivity index (χ4v) is 5.66. The largest absolute Gasteiger partial charge is 0.487 e. The lowest BCUT2D eigenvalue weighted by Crippen LogP contribution is -2.37. The molecule has 3 atom stereocenters. The summed E-state index contributed by atoms with van der Waals surface area (Å²) < 4.78 is 45.8. The van der Waals surface area contributed by atoms with Crippen LogP contribution in [0.25, 0.3) is 0 Å². The average molecular weight is 615 g/mol. The summed E-state index contributed by atoms with van der Waals surface area (Å²) in [7, 11) is -4.38. The Labute approximate surface area is 264 Å². The van der Waals surface area contributed by atoms with E-state index in [0.29, 0.717) is 6.42 Å². The molecule has 0 aliphatic rings. The molecule has 234 valence electrons. The van der Waals surface area contributed by atoms with E-state index in [1.54, 1.807) is 0 Å². The van der Waals surface area contributed by atoms with Crippen LogP contribution in [0.5, 0.6) is 5.75 Å². The fraction of sp³-hybridized carbons (Fsp3) is 0.368. The van der Waals surface area contributed by atoms with E-state index in [0.717, 1.165) is 16.9 Å². The van der Waals surface area contributed by atoms with Crippen LogP contribution < -0.4 is 4.74 Å². The molecular weight excluding hydrogens is 568 g/mol. The quantitative estimate of drug-likeness (QED) is 0.152. The summed E-state index contributed by atoms with van der Waals surface area (Å²) >= 11 is 0. The van der Waals surface area contributed by atoms with Gasteiger partial charge in [-0.3, -0.25) is 4.55 Å². The summed E-state index contributed by atoms with van der Waals surface area (Å²) in [6.45, 7) is 13.5. The first-order chi connectivity index (χ1) is 20.7. The summed E-state index contributed by atoms with van der Waals surface area (Å²) in [6.07, 6.45) is 0.409. The van der Waals surface area contributed by atoms with Crippen molar-refractivity contribution in [1.82, 2.24) is 0 Å². The van der Waals surface area contributed by atoms with Crippen molar-refractivity contribution >= 4 is 10.1 Å². The summed E-state index contributed by atoms with van der Waals surface area (Å²) in [4.78, 5) is -1.71. The monoisotopic (exact) mass is 614 g/mol. The molecule has 3 unspecified atom stereocenters. The van der Waals surface area contributed by atoms with Crippen LogP contribution >= 0.6 is 0 Å². The molecule has 44 heavy (non-hydrogen) atoms. The molecule has 1 N–H and O–H groups in total.